The molecule has 0 unspecified atom stereocenters. The summed E-state index contributed by atoms with van der Waals surface area (Å²) in [5.41, 5.74) is 1.20. The molecule has 0 aliphatic carbocycles. The summed E-state index contributed by atoms with van der Waals surface area (Å²) < 4.78 is 37.4. The van der Waals surface area contributed by atoms with E-state index in [2.05, 4.69) is 20.4 Å². The molecule has 33 heavy (non-hydrogen) atoms. The molecule has 2 aliphatic heterocycles. The van der Waals surface area contributed by atoms with Crippen LogP contribution < -0.4 is 11.0 Å². The van der Waals surface area contributed by atoms with Crippen molar-refractivity contribution in [3.63, 3.8) is 0 Å². The van der Waals surface area contributed by atoms with E-state index >= 15 is 0 Å². The van der Waals surface area contributed by atoms with Crippen molar-refractivity contribution >= 4 is 27.1 Å². The largest absolute Gasteiger partial charge is 0.381 e. The maximum atomic E-state index is 12.9. The Hall–Kier alpha value is -2.77. The molecule has 1 N–H and O–H groups in total. The van der Waals surface area contributed by atoms with Crippen molar-refractivity contribution in [2.24, 2.45) is 14.1 Å². The normalized spacial score (nSPS) is 19.3. The van der Waals surface area contributed by atoms with Crippen LogP contribution in [0.2, 0.25) is 0 Å². The van der Waals surface area contributed by atoms with Gasteiger partial charge in [0.1, 0.15) is 10.4 Å². The molecule has 0 amide bonds. The number of piperidine rings is 1. The van der Waals surface area contributed by atoms with Gasteiger partial charge in [0.2, 0.25) is 16.0 Å². The van der Waals surface area contributed by atoms with Crippen molar-refractivity contribution in [3.8, 4) is 0 Å². The first-order chi connectivity index (χ1) is 15.8. The zero-order chi connectivity index (χ0) is 23.2. The number of aryl methyl sites for hydroxylation is 2. The molecule has 0 bridgehead atoms. The molecule has 2 saturated heterocycles. The van der Waals surface area contributed by atoms with Gasteiger partial charge < -0.3 is 10.1 Å². The molecule has 13 heteroatoms. The third kappa shape index (κ3) is 4.04. The van der Waals surface area contributed by atoms with Crippen LogP contribution >= 0.6 is 0 Å². The van der Waals surface area contributed by atoms with E-state index in [0.29, 0.717) is 56.3 Å². The molecule has 2 aliphatic rings. The Balaban J connectivity index is 1.31. The van der Waals surface area contributed by atoms with Gasteiger partial charge in [-0.3, -0.25) is 13.8 Å². The average Bonchev–Trinajstić information content (AvgIpc) is 3.36. The van der Waals surface area contributed by atoms with Crippen molar-refractivity contribution in [3.05, 3.63) is 29.1 Å². The van der Waals surface area contributed by atoms with E-state index in [4.69, 9.17) is 4.74 Å². The Morgan fingerprint density at radius 2 is 1.82 bits per heavy atom. The van der Waals surface area contributed by atoms with Crippen LogP contribution in [-0.4, -0.2) is 74.0 Å². The summed E-state index contributed by atoms with van der Waals surface area (Å²) in [7, 11) is -0.120. The smallest absolute Gasteiger partial charge is 0.330 e. The van der Waals surface area contributed by atoms with Crippen LogP contribution in [0.1, 0.15) is 31.7 Å². The molecule has 3 aromatic heterocycles. The first-order valence-electron chi connectivity index (χ1n) is 11.1. The molecule has 12 nitrogen and oxygen atoms in total. The lowest BCUT2D eigenvalue weighted by Gasteiger charge is -2.31. The van der Waals surface area contributed by atoms with Crippen LogP contribution in [0.4, 0.5) is 5.95 Å². The first kappa shape index (κ1) is 22.0. The van der Waals surface area contributed by atoms with Crippen LogP contribution in [-0.2, 0) is 28.9 Å². The summed E-state index contributed by atoms with van der Waals surface area (Å²) in [4.78, 5) is 22.2. The van der Waals surface area contributed by atoms with E-state index in [1.54, 1.807) is 29.4 Å². The van der Waals surface area contributed by atoms with Gasteiger partial charge in [0.25, 0.3) is 0 Å². The molecule has 0 spiro atoms. The Labute approximate surface area is 191 Å². The van der Waals surface area contributed by atoms with Crippen LogP contribution in [0.15, 0.2) is 28.3 Å². The van der Waals surface area contributed by atoms with Gasteiger partial charge in [-0.15, -0.1) is 0 Å². The van der Waals surface area contributed by atoms with Crippen molar-refractivity contribution in [1.29, 1.82) is 0 Å². The van der Waals surface area contributed by atoms with Gasteiger partial charge in [-0.2, -0.15) is 14.4 Å². The summed E-state index contributed by atoms with van der Waals surface area (Å²) in [5.74, 6) is 0.447. The number of fused-ring (bicyclic) bond motifs is 1. The highest BCUT2D eigenvalue weighted by Gasteiger charge is 2.31. The Bertz CT molecular complexity index is 1310. The predicted molar refractivity (Wildman–Crippen MR) is 120 cm³/mol. The molecule has 5 heterocycles. The summed E-state index contributed by atoms with van der Waals surface area (Å²) in [6.07, 6.45) is 7.36. The van der Waals surface area contributed by atoms with Gasteiger partial charge in [0.15, 0.2) is 5.65 Å². The third-order valence-corrected chi connectivity index (χ3v) is 8.35. The standard InChI is InChI=1S/C20H28N8O4S/c1-25-13-16(11-22-25)33(30,31)27-7-3-14(4-8-27)23-19-21-12-17-18(24-19)28(20(29)26(17)2)15-5-9-32-10-6-15/h11-15H,3-10H2,1-2H3,(H,21,23,24). The fraction of sp³-hybridized carbons (Fsp3) is 0.600. The second kappa shape index (κ2) is 8.54. The number of ether oxygens (including phenoxy) is 1. The maximum Gasteiger partial charge on any atom is 0.330 e. The maximum absolute atomic E-state index is 12.9. The number of sulfonamides is 1. The van der Waals surface area contributed by atoms with E-state index in [9.17, 15) is 13.2 Å². The van der Waals surface area contributed by atoms with Crippen LogP contribution in [0.5, 0.6) is 0 Å². The molecular weight excluding hydrogens is 448 g/mol. The summed E-state index contributed by atoms with van der Waals surface area (Å²) in [5, 5.41) is 7.31. The third-order valence-electron chi connectivity index (χ3n) is 6.49. The summed E-state index contributed by atoms with van der Waals surface area (Å²) >= 11 is 0. The number of aromatic nitrogens is 6. The summed E-state index contributed by atoms with van der Waals surface area (Å²) in [6.45, 7) is 2.05. The van der Waals surface area contributed by atoms with Crippen molar-refractivity contribution in [2.45, 2.75) is 42.7 Å². The minimum Gasteiger partial charge on any atom is -0.381 e. The van der Waals surface area contributed by atoms with Gasteiger partial charge >= 0.3 is 5.69 Å². The lowest BCUT2D eigenvalue weighted by atomic mass is 10.1. The molecule has 3 aromatic rings. The number of anilines is 1. The van der Waals surface area contributed by atoms with Crippen molar-refractivity contribution in [1.82, 2.24) is 33.2 Å². The Kier molecular flexibility index (Phi) is 5.70. The SMILES string of the molecule is Cn1cc(S(=O)(=O)N2CCC(Nc3ncc4c(n3)n(C3CCOCC3)c(=O)n4C)CC2)cn1. The number of nitrogens with one attached hydrogen (secondary N) is 1. The zero-order valence-corrected chi connectivity index (χ0v) is 19.5. The molecule has 5 rings (SSSR count). The van der Waals surface area contributed by atoms with E-state index in [0.717, 1.165) is 12.8 Å². The monoisotopic (exact) mass is 476 g/mol. The number of rotatable bonds is 5. The highest BCUT2D eigenvalue weighted by molar-refractivity contribution is 7.89. The number of hydrogen-bond acceptors (Lipinski definition) is 8. The molecule has 178 valence electrons. The van der Waals surface area contributed by atoms with E-state index in [1.807, 2.05) is 0 Å². The van der Waals surface area contributed by atoms with Gasteiger partial charge in [0, 0.05) is 58.7 Å². The Morgan fingerprint density at radius 1 is 1.09 bits per heavy atom. The van der Waals surface area contributed by atoms with Crippen LogP contribution in [0, 0.1) is 0 Å². The Morgan fingerprint density at radius 3 is 2.48 bits per heavy atom. The fourth-order valence-corrected chi connectivity index (χ4v) is 6.04. The average molecular weight is 477 g/mol. The minimum absolute atomic E-state index is 0.0368. The molecule has 0 radical (unpaired) electrons. The highest BCUT2D eigenvalue weighted by Crippen LogP contribution is 2.25. The molecule has 0 saturated carbocycles. The molecule has 0 atom stereocenters. The van der Waals surface area contributed by atoms with Crippen LogP contribution in [0.25, 0.3) is 11.2 Å². The predicted octanol–water partition coefficient (Wildman–Crippen LogP) is 0.480. The van der Waals surface area contributed by atoms with E-state index in [1.165, 1.54) is 21.4 Å². The fourth-order valence-electron chi connectivity index (χ4n) is 4.58. The van der Waals surface area contributed by atoms with E-state index in [-0.39, 0.29) is 22.7 Å². The highest BCUT2D eigenvalue weighted by atomic mass is 32.2. The van der Waals surface area contributed by atoms with Crippen LogP contribution in [0.3, 0.4) is 0 Å². The molecule has 0 aromatic carbocycles. The second-order valence-corrected chi connectivity index (χ2v) is 10.6. The number of nitrogens with zero attached hydrogens (tertiary/aromatic N) is 7. The van der Waals surface area contributed by atoms with Gasteiger partial charge in [-0.25, -0.2) is 18.2 Å². The van der Waals surface area contributed by atoms with Gasteiger partial charge in [-0.1, -0.05) is 0 Å². The quantitative estimate of drug-likeness (QED) is 0.563. The minimum atomic E-state index is -3.55. The van der Waals surface area contributed by atoms with Crippen molar-refractivity contribution in [2.75, 3.05) is 31.6 Å². The van der Waals surface area contributed by atoms with Gasteiger partial charge in [-0.05, 0) is 25.7 Å². The lowest BCUT2D eigenvalue weighted by molar-refractivity contribution is 0.0695. The lowest BCUT2D eigenvalue weighted by Crippen LogP contribution is -2.42. The first-order valence-corrected chi connectivity index (χ1v) is 12.6. The van der Waals surface area contributed by atoms with E-state index < -0.39 is 10.0 Å². The molecule has 2 fully saturated rings. The summed E-state index contributed by atoms with van der Waals surface area (Å²) in [6, 6.07) is 0.0911. The number of hydrogen-bond donors (Lipinski definition) is 1. The van der Waals surface area contributed by atoms with Crippen molar-refractivity contribution < 1.29 is 13.2 Å². The second-order valence-electron chi connectivity index (χ2n) is 8.63. The zero-order valence-electron chi connectivity index (χ0n) is 18.7. The molecular formula is C20H28N8O4S. The van der Waals surface area contributed by atoms with Gasteiger partial charge in [0.05, 0.1) is 12.4 Å². The number of imidazole rings is 1. The topological polar surface area (TPSA) is 129 Å².